The summed E-state index contributed by atoms with van der Waals surface area (Å²) in [5, 5.41) is 12.1. The Morgan fingerprint density at radius 3 is 2.84 bits per heavy atom. The summed E-state index contributed by atoms with van der Waals surface area (Å²) in [7, 11) is 0. The van der Waals surface area contributed by atoms with E-state index in [4.69, 9.17) is 0 Å². The van der Waals surface area contributed by atoms with Crippen LogP contribution in [0.5, 0.6) is 5.75 Å². The van der Waals surface area contributed by atoms with E-state index < -0.39 is 11.7 Å². The van der Waals surface area contributed by atoms with Crippen molar-refractivity contribution in [2.75, 3.05) is 0 Å². The van der Waals surface area contributed by atoms with Crippen LogP contribution in [0.4, 0.5) is 4.39 Å². The second kappa shape index (κ2) is 5.48. The number of rotatable bonds is 3. The predicted molar refractivity (Wildman–Crippen MR) is 68.2 cm³/mol. The number of halogens is 1. The molecule has 0 aliphatic carbocycles. The van der Waals surface area contributed by atoms with Crippen molar-refractivity contribution in [1.29, 1.82) is 0 Å². The maximum Gasteiger partial charge on any atom is 0.255 e. The summed E-state index contributed by atoms with van der Waals surface area (Å²) >= 11 is 0. The second-order valence-electron chi connectivity index (χ2n) is 4.11. The molecule has 1 aromatic heterocycles. The van der Waals surface area contributed by atoms with Crippen molar-refractivity contribution >= 4 is 5.91 Å². The van der Waals surface area contributed by atoms with Gasteiger partial charge < -0.3 is 10.4 Å². The lowest BCUT2D eigenvalue weighted by Crippen LogP contribution is -2.23. The highest BCUT2D eigenvalue weighted by atomic mass is 19.1. The highest BCUT2D eigenvalue weighted by Gasteiger charge is 2.11. The fourth-order valence-electron chi connectivity index (χ4n) is 1.66. The highest BCUT2D eigenvalue weighted by molar-refractivity contribution is 5.96. The van der Waals surface area contributed by atoms with Crippen LogP contribution in [0.3, 0.4) is 0 Å². The number of benzene rings is 1. The Hall–Kier alpha value is -2.43. The molecule has 2 rings (SSSR count). The number of amides is 1. The molecule has 0 unspecified atom stereocenters. The van der Waals surface area contributed by atoms with Gasteiger partial charge in [-0.15, -0.1) is 0 Å². The largest absolute Gasteiger partial charge is 0.507 e. The van der Waals surface area contributed by atoms with Gasteiger partial charge in [-0.1, -0.05) is 6.07 Å². The molecule has 98 valence electrons. The lowest BCUT2D eigenvalue weighted by Gasteiger charge is -2.07. The van der Waals surface area contributed by atoms with Gasteiger partial charge in [0.05, 0.1) is 17.8 Å². The summed E-state index contributed by atoms with van der Waals surface area (Å²) in [6.07, 6.45) is 0. The van der Waals surface area contributed by atoms with Crippen molar-refractivity contribution in [2.24, 2.45) is 0 Å². The Bertz CT molecular complexity index is 614. The van der Waals surface area contributed by atoms with Crippen molar-refractivity contribution in [3.8, 4) is 5.75 Å². The SMILES string of the molecule is Cc1cccc(CNC(=O)c2ccc(F)cc2O)n1. The maximum absolute atomic E-state index is 12.8. The molecule has 0 saturated heterocycles. The molecule has 1 heterocycles. The van der Waals surface area contributed by atoms with Gasteiger partial charge >= 0.3 is 0 Å². The van der Waals surface area contributed by atoms with Gasteiger partial charge in [-0.3, -0.25) is 9.78 Å². The Balaban J connectivity index is 2.05. The molecule has 0 atom stereocenters. The molecular weight excluding hydrogens is 247 g/mol. The van der Waals surface area contributed by atoms with Crippen LogP contribution in [0.15, 0.2) is 36.4 Å². The van der Waals surface area contributed by atoms with Crippen LogP contribution < -0.4 is 5.32 Å². The van der Waals surface area contributed by atoms with Crippen LogP contribution in [0.25, 0.3) is 0 Å². The van der Waals surface area contributed by atoms with E-state index in [1.165, 1.54) is 6.07 Å². The summed E-state index contributed by atoms with van der Waals surface area (Å²) in [6, 6.07) is 8.76. The van der Waals surface area contributed by atoms with Gasteiger partial charge in [0, 0.05) is 11.8 Å². The van der Waals surface area contributed by atoms with Crippen molar-refractivity contribution in [2.45, 2.75) is 13.5 Å². The molecule has 0 radical (unpaired) electrons. The fraction of sp³-hybridized carbons (Fsp3) is 0.143. The lowest BCUT2D eigenvalue weighted by atomic mass is 10.2. The average molecular weight is 260 g/mol. The number of phenols is 1. The molecule has 19 heavy (non-hydrogen) atoms. The highest BCUT2D eigenvalue weighted by Crippen LogP contribution is 2.17. The van der Waals surface area contributed by atoms with E-state index in [9.17, 15) is 14.3 Å². The molecule has 1 amide bonds. The molecule has 0 saturated carbocycles. The molecule has 0 bridgehead atoms. The van der Waals surface area contributed by atoms with Crippen LogP contribution >= 0.6 is 0 Å². The molecular formula is C14H13FN2O2. The predicted octanol–water partition coefficient (Wildman–Crippen LogP) is 2.16. The van der Waals surface area contributed by atoms with E-state index in [1.807, 2.05) is 19.1 Å². The minimum atomic E-state index is -0.589. The first-order valence-corrected chi connectivity index (χ1v) is 5.75. The molecule has 2 N–H and O–H groups in total. The average Bonchev–Trinajstić information content (AvgIpc) is 2.36. The van der Waals surface area contributed by atoms with Crippen molar-refractivity contribution < 1.29 is 14.3 Å². The number of nitrogens with one attached hydrogen (secondary N) is 1. The van der Waals surface area contributed by atoms with Crippen LogP contribution in [0.2, 0.25) is 0 Å². The third kappa shape index (κ3) is 3.28. The topological polar surface area (TPSA) is 62.2 Å². The van der Waals surface area contributed by atoms with Crippen LogP contribution in [0, 0.1) is 12.7 Å². The van der Waals surface area contributed by atoms with E-state index in [-0.39, 0.29) is 17.9 Å². The molecule has 0 fully saturated rings. The molecule has 0 spiro atoms. The number of hydrogen-bond acceptors (Lipinski definition) is 3. The summed E-state index contributed by atoms with van der Waals surface area (Å²) in [5.41, 5.74) is 1.61. The van der Waals surface area contributed by atoms with Gasteiger partial charge in [-0.05, 0) is 31.2 Å². The number of phenolic OH excluding ortho intramolecular Hbond substituents is 1. The third-order valence-electron chi connectivity index (χ3n) is 2.58. The number of aryl methyl sites for hydroxylation is 1. The molecule has 0 aliphatic heterocycles. The Morgan fingerprint density at radius 2 is 2.16 bits per heavy atom. The first-order chi connectivity index (χ1) is 9.06. The summed E-state index contributed by atoms with van der Waals surface area (Å²) < 4.78 is 12.8. The van der Waals surface area contributed by atoms with E-state index in [1.54, 1.807) is 6.07 Å². The number of aromatic nitrogens is 1. The number of pyridine rings is 1. The first-order valence-electron chi connectivity index (χ1n) is 5.75. The summed E-state index contributed by atoms with van der Waals surface area (Å²) in [5.74, 6) is -1.44. The standard InChI is InChI=1S/C14H13FN2O2/c1-9-3-2-4-11(17-9)8-16-14(19)12-6-5-10(15)7-13(12)18/h2-7,18H,8H2,1H3,(H,16,19). The molecule has 4 nitrogen and oxygen atoms in total. The molecule has 2 aromatic rings. The zero-order valence-corrected chi connectivity index (χ0v) is 10.4. The van der Waals surface area contributed by atoms with Gasteiger partial charge in [-0.2, -0.15) is 0 Å². The van der Waals surface area contributed by atoms with Crippen molar-refractivity contribution in [1.82, 2.24) is 10.3 Å². The molecule has 1 aromatic carbocycles. The zero-order chi connectivity index (χ0) is 13.8. The van der Waals surface area contributed by atoms with Crippen molar-refractivity contribution in [3.05, 3.63) is 59.2 Å². The van der Waals surface area contributed by atoms with Crippen LogP contribution in [-0.4, -0.2) is 16.0 Å². The van der Waals surface area contributed by atoms with E-state index >= 15 is 0 Å². The second-order valence-corrected chi connectivity index (χ2v) is 4.11. The van der Waals surface area contributed by atoms with Crippen LogP contribution in [0.1, 0.15) is 21.7 Å². The van der Waals surface area contributed by atoms with Crippen LogP contribution in [-0.2, 0) is 6.54 Å². The first kappa shape index (κ1) is 13.0. The van der Waals surface area contributed by atoms with Crippen molar-refractivity contribution in [3.63, 3.8) is 0 Å². The Labute approximate surface area is 109 Å². The van der Waals surface area contributed by atoms with Gasteiger partial charge in [-0.25, -0.2) is 4.39 Å². The maximum atomic E-state index is 12.8. The summed E-state index contributed by atoms with van der Waals surface area (Å²) in [6.45, 7) is 2.11. The number of hydrogen-bond donors (Lipinski definition) is 2. The Morgan fingerprint density at radius 1 is 1.37 bits per heavy atom. The third-order valence-corrected chi connectivity index (χ3v) is 2.58. The van der Waals surface area contributed by atoms with Gasteiger partial charge in [0.15, 0.2) is 0 Å². The number of carbonyl (C=O) groups is 1. The normalized spacial score (nSPS) is 10.2. The van der Waals surface area contributed by atoms with E-state index in [0.717, 1.165) is 23.5 Å². The lowest BCUT2D eigenvalue weighted by molar-refractivity contribution is 0.0947. The monoisotopic (exact) mass is 260 g/mol. The van der Waals surface area contributed by atoms with E-state index in [0.29, 0.717) is 0 Å². The van der Waals surface area contributed by atoms with E-state index in [2.05, 4.69) is 10.3 Å². The molecule has 5 heteroatoms. The zero-order valence-electron chi connectivity index (χ0n) is 10.4. The minimum absolute atomic E-state index is 0.0362. The fourth-order valence-corrected chi connectivity index (χ4v) is 1.66. The number of nitrogens with zero attached hydrogens (tertiary/aromatic N) is 1. The Kier molecular flexibility index (Phi) is 3.75. The minimum Gasteiger partial charge on any atom is -0.507 e. The van der Waals surface area contributed by atoms with Gasteiger partial charge in [0.2, 0.25) is 0 Å². The summed E-state index contributed by atoms with van der Waals surface area (Å²) in [4.78, 5) is 16.1. The van der Waals surface area contributed by atoms with Gasteiger partial charge in [0.25, 0.3) is 5.91 Å². The quantitative estimate of drug-likeness (QED) is 0.889. The molecule has 0 aliphatic rings. The smallest absolute Gasteiger partial charge is 0.255 e. The number of aromatic hydroxyl groups is 1. The van der Waals surface area contributed by atoms with Gasteiger partial charge in [0.1, 0.15) is 11.6 Å². The number of carbonyl (C=O) groups excluding carboxylic acids is 1.